The van der Waals surface area contributed by atoms with E-state index >= 15 is 0 Å². The molecule has 0 saturated carbocycles. The van der Waals surface area contributed by atoms with Crippen LogP contribution in [-0.4, -0.2) is 54.5 Å². The van der Waals surface area contributed by atoms with Gasteiger partial charge >= 0.3 is 0 Å². The highest BCUT2D eigenvalue weighted by Crippen LogP contribution is 2.11. The molecule has 0 radical (unpaired) electrons. The number of morpholine rings is 1. The van der Waals surface area contributed by atoms with Crippen molar-refractivity contribution < 1.29 is 14.3 Å². The normalized spacial score (nSPS) is 14.9. The minimum atomic E-state index is -0.0835. The molecule has 1 aliphatic heterocycles. The first-order valence-corrected chi connectivity index (χ1v) is 7.23. The molecule has 2 rings (SSSR count). The van der Waals surface area contributed by atoms with Crippen LogP contribution in [0.1, 0.15) is 18.1 Å². The summed E-state index contributed by atoms with van der Waals surface area (Å²) < 4.78 is 5.24. The van der Waals surface area contributed by atoms with Crippen molar-refractivity contribution in [2.45, 2.75) is 20.4 Å². The third-order valence-electron chi connectivity index (χ3n) is 3.76. The number of hydrogen-bond acceptors (Lipinski definition) is 3. The summed E-state index contributed by atoms with van der Waals surface area (Å²) in [6.45, 7) is 6.47. The molecule has 0 aromatic heterocycles. The Bertz CT molecular complexity index is 510. The molecule has 1 fully saturated rings. The third kappa shape index (κ3) is 4.29. The van der Waals surface area contributed by atoms with Gasteiger partial charge in [-0.2, -0.15) is 0 Å². The van der Waals surface area contributed by atoms with E-state index in [1.54, 1.807) is 9.80 Å². The van der Waals surface area contributed by atoms with Crippen LogP contribution in [0.5, 0.6) is 0 Å². The van der Waals surface area contributed by atoms with Crippen molar-refractivity contribution in [3.8, 4) is 0 Å². The maximum atomic E-state index is 12.3. The fraction of sp³-hybridized carbons (Fsp3) is 0.500. The average Bonchev–Trinajstić information content (AvgIpc) is 2.49. The smallest absolute Gasteiger partial charge is 0.242 e. The van der Waals surface area contributed by atoms with Crippen LogP contribution in [0.15, 0.2) is 24.3 Å². The van der Waals surface area contributed by atoms with Crippen LogP contribution in [0.4, 0.5) is 0 Å². The molecule has 0 spiro atoms. The Balaban J connectivity index is 2.00. The summed E-state index contributed by atoms with van der Waals surface area (Å²) >= 11 is 0. The zero-order valence-corrected chi connectivity index (χ0v) is 12.7. The summed E-state index contributed by atoms with van der Waals surface area (Å²) in [6, 6.07) is 7.92. The number of amides is 2. The Hall–Kier alpha value is -1.88. The number of aryl methyl sites for hydroxylation is 1. The van der Waals surface area contributed by atoms with Gasteiger partial charge in [-0.3, -0.25) is 9.59 Å². The van der Waals surface area contributed by atoms with Crippen LogP contribution >= 0.6 is 0 Å². The number of carbonyl (C=O) groups excluding carboxylic acids is 2. The molecular formula is C16H22N2O3. The number of benzene rings is 1. The van der Waals surface area contributed by atoms with Crippen LogP contribution in [-0.2, 0) is 20.9 Å². The van der Waals surface area contributed by atoms with Crippen molar-refractivity contribution in [1.82, 2.24) is 9.80 Å². The molecule has 21 heavy (non-hydrogen) atoms. The molecule has 114 valence electrons. The van der Waals surface area contributed by atoms with E-state index in [-0.39, 0.29) is 18.4 Å². The largest absolute Gasteiger partial charge is 0.378 e. The molecule has 5 heteroatoms. The Morgan fingerprint density at radius 3 is 2.52 bits per heavy atom. The van der Waals surface area contributed by atoms with Crippen molar-refractivity contribution in [3.05, 3.63) is 35.4 Å². The third-order valence-corrected chi connectivity index (χ3v) is 3.76. The van der Waals surface area contributed by atoms with E-state index in [4.69, 9.17) is 4.74 Å². The Kier molecular flexibility index (Phi) is 5.33. The van der Waals surface area contributed by atoms with Gasteiger partial charge in [0, 0.05) is 26.6 Å². The number of hydrogen-bond donors (Lipinski definition) is 0. The number of nitrogens with zero attached hydrogens (tertiary/aromatic N) is 2. The molecule has 1 aromatic carbocycles. The van der Waals surface area contributed by atoms with E-state index in [9.17, 15) is 9.59 Å². The van der Waals surface area contributed by atoms with Gasteiger partial charge in [0.2, 0.25) is 11.8 Å². The first-order valence-electron chi connectivity index (χ1n) is 7.23. The van der Waals surface area contributed by atoms with Crippen LogP contribution in [0.25, 0.3) is 0 Å². The lowest BCUT2D eigenvalue weighted by Gasteiger charge is -2.30. The SMILES string of the molecule is CC(=O)N(CC(=O)N1CCOCC1)Cc1ccccc1C. The predicted molar refractivity (Wildman–Crippen MR) is 79.7 cm³/mol. The summed E-state index contributed by atoms with van der Waals surface area (Å²) in [7, 11) is 0. The number of ether oxygens (including phenoxy) is 1. The first-order chi connectivity index (χ1) is 10.1. The molecule has 1 saturated heterocycles. The molecule has 0 unspecified atom stereocenters. The monoisotopic (exact) mass is 290 g/mol. The molecule has 1 aromatic rings. The maximum absolute atomic E-state index is 12.3. The van der Waals surface area contributed by atoms with E-state index in [0.29, 0.717) is 32.8 Å². The van der Waals surface area contributed by atoms with E-state index in [2.05, 4.69) is 0 Å². The van der Waals surface area contributed by atoms with Gasteiger partial charge < -0.3 is 14.5 Å². The zero-order valence-electron chi connectivity index (χ0n) is 12.7. The highest BCUT2D eigenvalue weighted by molar-refractivity contribution is 5.83. The van der Waals surface area contributed by atoms with Gasteiger partial charge in [-0.05, 0) is 18.1 Å². The number of carbonyl (C=O) groups is 2. The van der Waals surface area contributed by atoms with Gasteiger partial charge in [0.1, 0.15) is 6.54 Å². The average molecular weight is 290 g/mol. The maximum Gasteiger partial charge on any atom is 0.242 e. The lowest BCUT2D eigenvalue weighted by Crippen LogP contribution is -2.46. The van der Waals surface area contributed by atoms with E-state index in [0.717, 1.165) is 11.1 Å². The van der Waals surface area contributed by atoms with Gasteiger partial charge in [0.15, 0.2) is 0 Å². The summed E-state index contributed by atoms with van der Waals surface area (Å²) in [5, 5.41) is 0. The highest BCUT2D eigenvalue weighted by Gasteiger charge is 2.21. The molecule has 1 heterocycles. The van der Waals surface area contributed by atoms with Crippen molar-refractivity contribution in [2.24, 2.45) is 0 Å². The molecule has 2 amide bonds. The molecule has 1 aliphatic rings. The van der Waals surface area contributed by atoms with Gasteiger partial charge in [0.05, 0.1) is 13.2 Å². The van der Waals surface area contributed by atoms with E-state index in [1.807, 2.05) is 31.2 Å². The second-order valence-corrected chi connectivity index (χ2v) is 5.29. The number of rotatable bonds is 4. The Morgan fingerprint density at radius 1 is 1.24 bits per heavy atom. The molecule has 0 atom stereocenters. The minimum absolute atomic E-state index is 0.0120. The Morgan fingerprint density at radius 2 is 1.90 bits per heavy atom. The van der Waals surface area contributed by atoms with Gasteiger partial charge in [0.25, 0.3) is 0 Å². The lowest BCUT2D eigenvalue weighted by atomic mass is 10.1. The summed E-state index contributed by atoms with van der Waals surface area (Å²) in [4.78, 5) is 27.4. The summed E-state index contributed by atoms with van der Waals surface area (Å²) in [6.07, 6.45) is 0. The Labute approximate surface area is 125 Å². The quantitative estimate of drug-likeness (QED) is 0.837. The molecule has 5 nitrogen and oxygen atoms in total. The van der Waals surface area contributed by atoms with Gasteiger partial charge in [-0.25, -0.2) is 0 Å². The van der Waals surface area contributed by atoms with Crippen molar-refractivity contribution >= 4 is 11.8 Å². The van der Waals surface area contributed by atoms with Crippen LogP contribution in [0, 0.1) is 6.92 Å². The molecule has 0 aliphatic carbocycles. The van der Waals surface area contributed by atoms with E-state index in [1.165, 1.54) is 6.92 Å². The standard InChI is InChI=1S/C16H22N2O3/c1-13-5-3-4-6-15(13)11-18(14(2)19)12-16(20)17-7-9-21-10-8-17/h3-6H,7-12H2,1-2H3. The molecule has 0 N–H and O–H groups in total. The lowest BCUT2D eigenvalue weighted by molar-refractivity contribution is -0.142. The fourth-order valence-corrected chi connectivity index (χ4v) is 2.35. The topological polar surface area (TPSA) is 49.9 Å². The first kappa shape index (κ1) is 15.5. The summed E-state index contributed by atoms with van der Waals surface area (Å²) in [5.74, 6) is -0.0954. The minimum Gasteiger partial charge on any atom is -0.378 e. The second-order valence-electron chi connectivity index (χ2n) is 5.29. The van der Waals surface area contributed by atoms with Crippen molar-refractivity contribution in [2.75, 3.05) is 32.8 Å². The van der Waals surface area contributed by atoms with Crippen LogP contribution < -0.4 is 0 Å². The molecular weight excluding hydrogens is 268 g/mol. The predicted octanol–water partition coefficient (Wildman–Crippen LogP) is 1.20. The van der Waals surface area contributed by atoms with Crippen LogP contribution in [0.2, 0.25) is 0 Å². The van der Waals surface area contributed by atoms with Crippen LogP contribution in [0.3, 0.4) is 0 Å². The van der Waals surface area contributed by atoms with Crippen molar-refractivity contribution in [1.29, 1.82) is 0 Å². The molecule has 0 bridgehead atoms. The van der Waals surface area contributed by atoms with Crippen molar-refractivity contribution in [3.63, 3.8) is 0 Å². The zero-order chi connectivity index (χ0) is 15.2. The fourth-order valence-electron chi connectivity index (χ4n) is 2.35. The van der Waals surface area contributed by atoms with E-state index < -0.39 is 0 Å². The van der Waals surface area contributed by atoms with Gasteiger partial charge in [-0.1, -0.05) is 24.3 Å². The highest BCUT2D eigenvalue weighted by atomic mass is 16.5. The summed E-state index contributed by atoms with van der Waals surface area (Å²) in [5.41, 5.74) is 2.20. The van der Waals surface area contributed by atoms with Gasteiger partial charge in [-0.15, -0.1) is 0 Å². The second kappa shape index (κ2) is 7.22.